The van der Waals surface area contributed by atoms with E-state index in [2.05, 4.69) is 13.8 Å². The number of benzene rings is 1. The van der Waals surface area contributed by atoms with Crippen molar-refractivity contribution in [2.75, 3.05) is 39.3 Å². The maximum atomic E-state index is 12.7. The Morgan fingerprint density at radius 1 is 0.967 bits per heavy atom. The standard InChI is InChI=1S/C22H35N3O4S/c1-4-19(5-2)18-23(6-3)21(26)12-13-22(27)24-14-16-25(17-15-24)30(28,29)20-10-8-7-9-11-20/h7-11,19H,4-6,12-18H2,1-3H3. The van der Waals surface area contributed by atoms with Gasteiger partial charge >= 0.3 is 0 Å². The lowest BCUT2D eigenvalue weighted by molar-refractivity contribution is -0.137. The quantitative estimate of drug-likeness (QED) is 0.564. The summed E-state index contributed by atoms with van der Waals surface area (Å²) in [7, 11) is -3.53. The lowest BCUT2D eigenvalue weighted by Gasteiger charge is -2.34. The van der Waals surface area contributed by atoms with Crippen LogP contribution in [0.15, 0.2) is 35.2 Å². The average molecular weight is 438 g/mol. The van der Waals surface area contributed by atoms with Crippen molar-refractivity contribution < 1.29 is 18.0 Å². The fraction of sp³-hybridized carbons (Fsp3) is 0.636. The molecular weight excluding hydrogens is 402 g/mol. The van der Waals surface area contributed by atoms with Gasteiger partial charge in [-0.1, -0.05) is 44.9 Å². The smallest absolute Gasteiger partial charge is 0.243 e. The molecule has 30 heavy (non-hydrogen) atoms. The van der Waals surface area contributed by atoms with Gasteiger partial charge in [-0.2, -0.15) is 4.31 Å². The van der Waals surface area contributed by atoms with Gasteiger partial charge in [-0.3, -0.25) is 9.59 Å². The fourth-order valence-corrected chi connectivity index (χ4v) is 5.16. The molecule has 1 aromatic rings. The molecule has 1 aliphatic rings. The van der Waals surface area contributed by atoms with Gasteiger partial charge in [0, 0.05) is 52.1 Å². The third-order valence-electron chi connectivity index (χ3n) is 5.89. The summed E-state index contributed by atoms with van der Waals surface area (Å²) < 4.78 is 26.8. The normalized spacial score (nSPS) is 15.4. The summed E-state index contributed by atoms with van der Waals surface area (Å²) in [5, 5.41) is 0. The van der Waals surface area contributed by atoms with Crippen molar-refractivity contribution >= 4 is 21.8 Å². The van der Waals surface area contributed by atoms with Crippen LogP contribution in [-0.4, -0.2) is 73.6 Å². The summed E-state index contributed by atoms with van der Waals surface area (Å²) in [5.41, 5.74) is 0. The summed E-state index contributed by atoms with van der Waals surface area (Å²) in [6, 6.07) is 8.35. The van der Waals surface area contributed by atoms with Crippen molar-refractivity contribution in [3.8, 4) is 0 Å². The molecule has 0 radical (unpaired) electrons. The van der Waals surface area contributed by atoms with E-state index >= 15 is 0 Å². The first-order valence-electron chi connectivity index (χ1n) is 10.9. The summed E-state index contributed by atoms with van der Waals surface area (Å²) in [5.74, 6) is 0.422. The molecule has 2 amide bonds. The van der Waals surface area contributed by atoms with Crippen molar-refractivity contribution in [2.45, 2.75) is 51.3 Å². The van der Waals surface area contributed by atoms with Gasteiger partial charge in [0.2, 0.25) is 21.8 Å². The Labute approximate surface area is 181 Å². The highest BCUT2D eigenvalue weighted by Crippen LogP contribution is 2.18. The van der Waals surface area contributed by atoms with Crippen LogP contribution in [0, 0.1) is 5.92 Å². The largest absolute Gasteiger partial charge is 0.343 e. The predicted molar refractivity (Wildman–Crippen MR) is 117 cm³/mol. The van der Waals surface area contributed by atoms with E-state index in [0.29, 0.717) is 25.6 Å². The molecule has 0 atom stereocenters. The van der Waals surface area contributed by atoms with E-state index in [9.17, 15) is 18.0 Å². The first-order valence-corrected chi connectivity index (χ1v) is 12.4. The first-order chi connectivity index (χ1) is 14.3. The highest BCUT2D eigenvalue weighted by atomic mass is 32.2. The minimum Gasteiger partial charge on any atom is -0.343 e. The minimum atomic E-state index is -3.53. The molecule has 0 unspecified atom stereocenters. The molecule has 0 saturated carbocycles. The number of hydrogen-bond acceptors (Lipinski definition) is 4. The van der Waals surface area contributed by atoms with Crippen LogP contribution < -0.4 is 0 Å². The van der Waals surface area contributed by atoms with Crippen molar-refractivity contribution in [2.24, 2.45) is 5.92 Å². The lowest BCUT2D eigenvalue weighted by atomic mass is 10.0. The average Bonchev–Trinajstić information content (AvgIpc) is 2.78. The van der Waals surface area contributed by atoms with E-state index in [1.54, 1.807) is 35.2 Å². The van der Waals surface area contributed by atoms with E-state index in [0.717, 1.165) is 19.4 Å². The number of carbonyl (C=O) groups is 2. The monoisotopic (exact) mass is 437 g/mol. The highest BCUT2D eigenvalue weighted by molar-refractivity contribution is 7.89. The van der Waals surface area contributed by atoms with Gasteiger partial charge in [-0.05, 0) is 25.0 Å². The topological polar surface area (TPSA) is 78.0 Å². The fourth-order valence-electron chi connectivity index (χ4n) is 3.72. The zero-order valence-electron chi connectivity index (χ0n) is 18.4. The number of nitrogens with zero attached hydrogens (tertiary/aromatic N) is 3. The molecule has 2 rings (SSSR count). The van der Waals surface area contributed by atoms with Crippen LogP contribution in [0.2, 0.25) is 0 Å². The third kappa shape index (κ3) is 6.28. The van der Waals surface area contributed by atoms with Gasteiger partial charge in [0.1, 0.15) is 0 Å². The molecule has 0 N–H and O–H groups in total. The van der Waals surface area contributed by atoms with Crippen molar-refractivity contribution in [3.63, 3.8) is 0 Å². The molecule has 1 aromatic carbocycles. The van der Waals surface area contributed by atoms with E-state index in [-0.39, 0.29) is 42.6 Å². The summed E-state index contributed by atoms with van der Waals surface area (Å²) in [4.78, 5) is 28.9. The van der Waals surface area contributed by atoms with Crippen LogP contribution in [0.25, 0.3) is 0 Å². The Balaban J connectivity index is 1.83. The van der Waals surface area contributed by atoms with Gasteiger partial charge in [-0.15, -0.1) is 0 Å². The molecule has 1 heterocycles. The van der Waals surface area contributed by atoms with Crippen LogP contribution in [0.5, 0.6) is 0 Å². The lowest BCUT2D eigenvalue weighted by Crippen LogP contribution is -2.50. The molecule has 168 valence electrons. The SMILES string of the molecule is CCC(CC)CN(CC)C(=O)CCC(=O)N1CCN(S(=O)(=O)c2ccccc2)CC1. The number of carbonyl (C=O) groups excluding carboxylic acids is 2. The van der Waals surface area contributed by atoms with E-state index in [1.807, 2.05) is 11.8 Å². The van der Waals surface area contributed by atoms with E-state index < -0.39 is 10.0 Å². The van der Waals surface area contributed by atoms with Crippen molar-refractivity contribution in [3.05, 3.63) is 30.3 Å². The second kappa shape index (κ2) is 11.5. The maximum absolute atomic E-state index is 12.7. The van der Waals surface area contributed by atoms with Crippen molar-refractivity contribution in [1.82, 2.24) is 14.1 Å². The summed E-state index contributed by atoms with van der Waals surface area (Å²) in [6.07, 6.45) is 2.45. The molecule has 7 nitrogen and oxygen atoms in total. The molecule has 0 bridgehead atoms. The zero-order valence-corrected chi connectivity index (χ0v) is 19.2. The molecular formula is C22H35N3O4S. The Bertz CT molecular complexity index is 786. The Hall–Kier alpha value is -1.93. The van der Waals surface area contributed by atoms with Crippen LogP contribution >= 0.6 is 0 Å². The molecule has 0 aliphatic carbocycles. The number of amides is 2. The summed E-state index contributed by atoms with van der Waals surface area (Å²) >= 11 is 0. The van der Waals surface area contributed by atoms with E-state index in [4.69, 9.17) is 0 Å². The van der Waals surface area contributed by atoms with Crippen LogP contribution in [0.4, 0.5) is 0 Å². The molecule has 0 spiro atoms. The predicted octanol–water partition coefficient (Wildman–Crippen LogP) is 2.58. The number of piperazine rings is 1. The zero-order chi connectivity index (χ0) is 22.1. The van der Waals surface area contributed by atoms with Gasteiger partial charge in [-0.25, -0.2) is 8.42 Å². The number of hydrogen-bond donors (Lipinski definition) is 0. The number of rotatable bonds is 10. The summed E-state index contributed by atoms with van der Waals surface area (Å²) in [6.45, 7) is 8.87. The first kappa shape index (κ1) is 24.3. The minimum absolute atomic E-state index is 0.0167. The maximum Gasteiger partial charge on any atom is 0.243 e. The van der Waals surface area contributed by atoms with Gasteiger partial charge in [0.15, 0.2) is 0 Å². The Morgan fingerprint density at radius 2 is 1.57 bits per heavy atom. The molecule has 1 fully saturated rings. The van der Waals surface area contributed by atoms with Crippen LogP contribution in [0.3, 0.4) is 0 Å². The van der Waals surface area contributed by atoms with Gasteiger partial charge in [0.05, 0.1) is 4.90 Å². The van der Waals surface area contributed by atoms with Crippen LogP contribution in [-0.2, 0) is 19.6 Å². The second-order valence-corrected chi connectivity index (χ2v) is 9.65. The Morgan fingerprint density at radius 3 is 2.10 bits per heavy atom. The highest BCUT2D eigenvalue weighted by Gasteiger charge is 2.30. The molecule has 0 aromatic heterocycles. The molecule has 1 aliphatic heterocycles. The van der Waals surface area contributed by atoms with Gasteiger partial charge in [0.25, 0.3) is 0 Å². The van der Waals surface area contributed by atoms with Crippen molar-refractivity contribution in [1.29, 1.82) is 0 Å². The number of sulfonamides is 1. The molecule has 8 heteroatoms. The third-order valence-corrected chi connectivity index (χ3v) is 7.81. The van der Waals surface area contributed by atoms with E-state index in [1.165, 1.54) is 4.31 Å². The van der Waals surface area contributed by atoms with Crippen LogP contribution in [0.1, 0.15) is 46.5 Å². The second-order valence-electron chi connectivity index (χ2n) is 7.71. The van der Waals surface area contributed by atoms with Gasteiger partial charge < -0.3 is 9.80 Å². The Kier molecular flexibility index (Phi) is 9.30. The molecule has 1 saturated heterocycles.